The Morgan fingerprint density at radius 1 is 1.19 bits per heavy atom. The molecule has 1 N–H and O–H groups in total. The van der Waals surface area contributed by atoms with Crippen molar-refractivity contribution in [3.8, 4) is 6.01 Å². The summed E-state index contributed by atoms with van der Waals surface area (Å²) in [7, 11) is 1.41. The van der Waals surface area contributed by atoms with Crippen molar-refractivity contribution in [1.82, 2.24) is 18.7 Å². The molecule has 0 atom stereocenters. The number of fused-ring (bicyclic) bond motifs is 1. The second-order valence-corrected chi connectivity index (χ2v) is 6.65. The van der Waals surface area contributed by atoms with Crippen LogP contribution in [0.15, 0.2) is 33.9 Å². The smallest absolute Gasteiger partial charge is 0.392 e. The van der Waals surface area contributed by atoms with E-state index in [0.717, 1.165) is 14.7 Å². The van der Waals surface area contributed by atoms with Crippen molar-refractivity contribution in [2.75, 3.05) is 13.2 Å². The average molecular weight is 663 g/mol. The monoisotopic (exact) mass is 663 g/mol. The number of rotatable bonds is 8. The van der Waals surface area contributed by atoms with Crippen molar-refractivity contribution in [2.45, 2.75) is 32.1 Å². The number of nitrogens with zero attached hydrogens (tertiary/aromatic N) is 4. The molecule has 0 aliphatic rings. The summed E-state index contributed by atoms with van der Waals surface area (Å²) >= 11 is 0. The third-order valence-electron chi connectivity index (χ3n) is 4.48. The minimum Gasteiger partial charge on any atom is -0.464 e. The zero-order chi connectivity index (χ0) is 21.9. The number of aryl methyl sites for hydroxylation is 1. The van der Waals surface area contributed by atoms with Crippen LogP contribution in [0.5, 0.6) is 6.01 Å². The maximum absolute atomic E-state index is 13.0. The van der Waals surface area contributed by atoms with Crippen molar-refractivity contribution in [2.24, 2.45) is 7.05 Å². The summed E-state index contributed by atoms with van der Waals surface area (Å²) in [4.78, 5) is 29.7. The minimum atomic E-state index is -4.41. The van der Waals surface area contributed by atoms with Crippen LogP contribution >= 0.6 is 0 Å². The molecule has 166 valence electrons. The molecule has 0 aliphatic heterocycles. The molecule has 0 saturated heterocycles. The Hall–Kier alpha value is -2.03. The SMILES string of the molecule is Cn1c(=O)n(CCCO)c(=O)c2c1nc(OCCC(F)(F)F)n2Cc1cc[c-]cc1.[U]. The van der Waals surface area contributed by atoms with Gasteiger partial charge in [0.25, 0.3) is 11.6 Å². The molecule has 0 fully saturated rings. The zero-order valence-corrected chi connectivity index (χ0v) is 20.8. The first-order valence-electron chi connectivity index (χ1n) is 9.18. The number of aromatic nitrogens is 4. The van der Waals surface area contributed by atoms with E-state index < -0.39 is 30.5 Å². The van der Waals surface area contributed by atoms with E-state index >= 15 is 0 Å². The molecule has 0 unspecified atom stereocenters. The number of aliphatic hydroxyl groups is 1. The van der Waals surface area contributed by atoms with E-state index in [9.17, 15) is 22.8 Å². The van der Waals surface area contributed by atoms with Crippen LogP contribution in [0.25, 0.3) is 11.2 Å². The first kappa shape index (κ1) is 25.2. The number of halogens is 3. The Bertz CT molecular complexity index is 1140. The standard InChI is InChI=1S/C19H20F3N4O4.U/c1-24-15-14(16(28)25(18(24)29)9-5-10-27)26(12-13-6-3-2-4-7-13)17(23-15)30-11-8-19(20,21)22;/h3-4,6-7,27H,5,8-12H2,1H3;/q-1;. The van der Waals surface area contributed by atoms with Crippen LogP contribution in [0.1, 0.15) is 18.4 Å². The van der Waals surface area contributed by atoms with Gasteiger partial charge in [-0.25, -0.2) is 4.79 Å². The molecule has 3 aromatic rings. The van der Waals surface area contributed by atoms with Gasteiger partial charge in [0.05, 0.1) is 6.42 Å². The van der Waals surface area contributed by atoms with Gasteiger partial charge in [0, 0.05) is 57.9 Å². The summed E-state index contributed by atoms with van der Waals surface area (Å²) in [6.45, 7) is -0.797. The Morgan fingerprint density at radius 2 is 1.87 bits per heavy atom. The van der Waals surface area contributed by atoms with Gasteiger partial charge in [0.1, 0.15) is 6.61 Å². The molecule has 3 rings (SSSR count). The van der Waals surface area contributed by atoms with Crippen molar-refractivity contribution in [1.29, 1.82) is 0 Å². The van der Waals surface area contributed by atoms with Crippen molar-refractivity contribution in [3.63, 3.8) is 0 Å². The largest absolute Gasteiger partial charge is 0.464 e. The molecular formula is C19H20F3N4O4U-. The maximum atomic E-state index is 13.0. The van der Waals surface area contributed by atoms with Crippen molar-refractivity contribution in [3.05, 3.63) is 56.7 Å². The van der Waals surface area contributed by atoms with Gasteiger partial charge in [0.2, 0.25) is 0 Å². The number of alkyl halides is 3. The number of hydrogen-bond acceptors (Lipinski definition) is 5. The van der Waals surface area contributed by atoms with E-state index in [-0.39, 0.29) is 74.4 Å². The predicted octanol–water partition coefficient (Wildman–Crippen LogP) is 1.46. The van der Waals surface area contributed by atoms with Crippen molar-refractivity contribution >= 4 is 11.2 Å². The van der Waals surface area contributed by atoms with Gasteiger partial charge in [-0.05, 0) is 6.42 Å². The third-order valence-corrected chi connectivity index (χ3v) is 4.48. The maximum Gasteiger partial charge on any atom is 0.392 e. The van der Waals surface area contributed by atoms with Gasteiger partial charge in [-0.15, -0.1) is 5.56 Å². The molecule has 8 nitrogen and oxygen atoms in total. The summed E-state index contributed by atoms with van der Waals surface area (Å²) in [5, 5.41) is 9.05. The van der Waals surface area contributed by atoms with Gasteiger partial charge in [-0.3, -0.25) is 18.5 Å². The Labute approximate surface area is 198 Å². The van der Waals surface area contributed by atoms with Gasteiger partial charge in [0.15, 0.2) is 11.2 Å². The summed E-state index contributed by atoms with van der Waals surface area (Å²) < 4.78 is 46.3. The first-order valence-corrected chi connectivity index (χ1v) is 9.18. The van der Waals surface area contributed by atoms with E-state index in [2.05, 4.69) is 11.1 Å². The van der Waals surface area contributed by atoms with Crippen LogP contribution in [0.2, 0.25) is 0 Å². The van der Waals surface area contributed by atoms with E-state index in [1.807, 2.05) is 0 Å². The molecule has 0 spiro atoms. The molecule has 0 amide bonds. The van der Waals surface area contributed by atoms with E-state index in [1.165, 1.54) is 11.6 Å². The van der Waals surface area contributed by atoms with Crippen LogP contribution in [0.4, 0.5) is 13.2 Å². The van der Waals surface area contributed by atoms with Crippen molar-refractivity contribution < 1.29 is 54.1 Å². The summed E-state index contributed by atoms with van der Waals surface area (Å²) in [6, 6.07) is 9.46. The molecular weight excluding hydrogens is 643 g/mol. The topological polar surface area (TPSA) is 91.3 Å². The fourth-order valence-corrected chi connectivity index (χ4v) is 3.00. The Kier molecular flexibility index (Phi) is 8.57. The number of benzene rings is 1. The average Bonchev–Trinajstić information content (AvgIpc) is 3.05. The van der Waals surface area contributed by atoms with Gasteiger partial charge < -0.3 is 9.84 Å². The second-order valence-electron chi connectivity index (χ2n) is 6.65. The number of aliphatic hydroxyl groups excluding tert-OH is 1. The Balaban J connectivity index is 0.00000341. The molecule has 31 heavy (non-hydrogen) atoms. The third kappa shape index (κ3) is 5.81. The molecule has 1 aromatic carbocycles. The molecule has 2 heterocycles. The van der Waals surface area contributed by atoms with Crippen LogP contribution in [-0.2, 0) is 20.1 Å². The Morgan fingerprint density at radius 3 is 2.48 bits per heavy atom. The fraction of sp³-hybridized carbons (Fsp3) is 0.421. The normalized spacial score (nSPS) is 11.5. The van der Waals surface area contributed by atoms with Gasteiger partial charge >= 0.3 is 11.9 Å². The first-order chi connectivity index (χ1) is 14.2. The molecule has 0 aliphatic carbocycles. The van der Waals surface area contributed by atoms with E-state index in [0.29, 0.717) is 0 Å². The van der Waals surface area contributed by atoms with Gasteiger partial charge in [-0.2, -0.15) is 48.5 Å². The minimum absolute atomic E-state index is 0. The molecule has 0 radical (unpaired) electrons. The summed E-state index contributed by atoms with van der Waals surface area (Å²) in [5.41, 5.74) is -0.507. The number of ether oxygens (including phenoxy) is 1. The van der Waals surface area contributed by atoms with E-state index in [4.69, 9.17) is 9.84 Å². The molecule has 2 aromatic heterocycles. The zero-order valence-electron chi connectivity index (χ0n) is 16.6. The molecule has 12 heteroatoms. The summed E-state index contributed by atoms with van der Waals surface area (Å²) in [6.07, 6.45) is -5.40. The molecule has 0 bridgehead atoms. The number of hydrogen-bond donors (Lipinski definition) is 1. The van der Waals surface area contributed by atoms with Crippen LogP contribution in [0, 0.1) is 37.2 Å². The number of imidazole rings is 1. The predicted molar refractivity (Wildman–Crippen MR) is 101 cm³/mol. The van der Waals surface area contributed by atoms with E-state index in [1.54, 1.807) is 24.3 Å². The van der Waals surface area contributed by atoms with Gasteiger partial charge in [-0.1, -0.05) is 0 Å². The van der Waals surface area contributed by atoms with Crippen LogP contribution in [0.3, 0.4) is 0 Å². The second kappa shape index (κ2) is 10.5. The van der Waals surface area contributed by atoms with Crippen LogP contribution in [-0.4, -0.2) is 43.2 Å². The van der Waals surface area contributed by atoms with Crippen LogP contribution < -0.4 is 16.0 Å². The summed E-state index contributed by atoms with van der Waals surface area (Å²) in [5.74, 6) is 0. The molecule has 0 saturated carbocycles. The fourth-order valence-electron chi connectivity index (χ4n) is 3.00. The quantitative estimate of drug-likeness (QED) is 0.369.